The Balaban J connectivity index is 1.75. The minimum Gasteiger partial charge on any atom is -0.484 e. The van der Waals surface area contributed by atoms with Gasteiger partial charge in [0.25, 0.3) is 5.91 Å². The van der Waals surface area contributed by atoms with Crippen molar-refractivity contribution in [1.29, 1.82) is 5.26 Å². The molecule has 1 saturated carbocycles. The molecule has 112 valence electrons. The van der Waals surface area contributed by atoms with E-state index in [1.807, 2.05) is 6.07 Å². The normalized spacial score (nSPS) is 24.9. The van der Waals surface area contributed by atoms with Gasteiger partial charge in [-0.2, -0.15) is 5.26 Å². The maximum Gasteiger partial charge on any atom is 0.258 e. The number of nitrogens with one attached hydrogen (secondary N) is 1. The van der Waals surface area contributed by atoms with Crippen LogP contribution >= 0.6 is 0 Å². The quantitative estimate of drug-likeness (QED) is 0.925. The molecular formula is C17H22N2O2. The number of carbonyl (C=O) groups excluding carboxylic acids is 1. The number of nitriles is 1. The zero-order chi connectivity index (χ0) is 15.2. The van der Waals surface area contributed by atoms with Crippen molar-refractivity contribution in [3.63, 3.8) is 0 Å². The first kappa shape index (κ1) is 15.4. The van der Waals surface area contributed by atoms with E-state index in [0.717, 1.165) is 18.8 Å². The second kappa shape index (κ2) is 7.12. The van der Waals surface area contributed by atoms with Crippen LogP contribution in [0.5, 0.6) is 5.75 Å². The molecule has 1 N–H and O–H groups in total. The van der Waals surface area contributed by atoms with Gasteiger partial charge in [-0.1, -0.05) is 13.8 Å². The molecule has 0 spiro atoms. The maximum atomic E-state index is 11.9. The fourth-order valence-electron chi connectivity index (χ4n) is 2.72. The summed E-state index contributed by atoms with van der Waals surface area (Å²) in [6.07, 6.45) is 3.26. The van der Waals surface area contributed by atoms with E-state index in [1.165, 1.54) is 6.42 Å². The highest BCUT2D eigenvalue weighted by Crippen LogP contribution is 2.29. The van der Waals surface area contributed by atoms with Gasteiger partial charge in [-0.3, -0.25) is 4.79 Å². The number of carbonyl (C=O) groups is 1. The number of nitrogens with zero attached hydrogens (tertiary/aromatic N) is 1. The van der Waals surface area contributed by atoms with Crippen LogP contribution in [-0.4, -0.2) is 18.6 Å². The lowest BCUT2D eigenvalue weighted by Crippen LogP contribution is -2.41. The molecule has 1 fully saturated rings. The molecule has 1 aromatic carbocycles. The van der Waals surface area contributed by atoms with E-state index >= 15 is 0 Å². The Bertz CT molecular complexity index is 519. The molecule has 0 saturated heterocycles. The second-order valence-electron chi connectivity index (χ2n) is 5.96. The summed E-state index contributed by atoms with van der Waals surface area (Å²) < 4.78 is 5.44. The van der Waals surface area contributed by atoms with Crippen molar-refractivity contribution >= 4 is 5.91 Å². The molecular weight excluding hydrogens is 264 g/mol. The van der Waals surface area contributed by atoms with Crippen LogP contribution in [0.1, 0.15) is 38.7 Å². The number of ether oxygens (including phenoxy) is 1. The standard InChI is InChI=1S/C17H22N2O2/c1-12-3-6-15(9-13(12)2)19-17(20)11-21-16-7-4-14(10-18)5-8-16/h4-5,7-8,12-13,15H,3,6,9,11H2,1-2H3,(H,19,20). The molecule has 0 radical (unpaired) electrons. The van der Waals surface area contributed by atoms with Gasteiger partial charge in [-0.05, 0) is 55.4 Å². The summed E-state index contributed by atoms with van der Waals surface area (Å²) in [6.45, 7) is 4.54. The summed E-state index contributed by atoms with van der Waals surface area (Å²) in [5.41, 5.74) is 0.581. The molecule has 1 aliphatic carbocycles. The van der Waals surface area contributed by atoms with Crippen LogP contribution in [0.15, 0.2) is 24.3 Å². The highest BCUT2D eigenvalue weighted by Gasteiger charge is 2.25. The summed E-state index contributed by atoms with van der Waals surface area (Å²) in [5.74, 6) is 1.93. The van der Waals surface area contributed by atoms with Crippen LogP contribution in [-0.2, 0) is 4.79 Å². The third-order valence-corrected chi connectivity index (χ3v) is 4.32. The summed E-state index contributed by atoms with van der Waals surface area (Å²) in [6, 6.07) is 9.08. The van der Waals surface area contributed by atoms with E-state index < -0.39 is 0 Å². The third-order valence-electron chi connectivity index (χ3n) is 4.32. The molecule has 1 aliphatic rings. The molecule has 0 aliphatic heterocycles. The fourth-order valence-corrected chi connectivity index (χ4v) is 2.72. The Morgan fingerprint density at radius 2 is 2.00 bits per heavy atom. The van der Waals surface area contributed by atoms with Crippen LogP contribution in [0.25, 0.3) is 0 Å². The molecule has 2 rings (SSSR count). The zero-order valence-corrected chi connectivity index (χ0v) is 12.6. The van der Waals surface area contributed by atoms with E-state index in [1.54, 1.807) is 24.3 Å². The van der Waals surface area contributed by atoms with Gasteiger partial charge in [0.2, 0.25) is 0 Å². The van der Waals surface area contributed by atoms with Gasteiger partial charge in [-0.25, -0.2) is 0 Å². The number of rotatable bonds is 4. The maximum absolute atomic E-state index is 11.9. The highest BCUT2D eigenvalue weighted by molar-refractivity contribution is 5.77. The van der Waals surface area contributed by atoms with Crippen LogP contribution in [0.2, 0.25) is 0 Å². The number of amides is 1. The van der Waals surface area contributed by atoms with Gasteiger partial charge in [0.15, 0.2) is 6.61 Å². The molecule has 3 unspecified atom stereocenters. The van der Waals surface area contributed by atoms with Crippen LogP contribution in [0, 0.1) is 23.2 Å². The van der Waals surface area contributed by atoms with Crippen LogP contribution in [0.3, 0.4) is 0 Å². The van der Waals surface area contributed by atoms with Gasteiger partial charge < -0.3 is 10.1 Å². The Labute approximate surface area is 126 Å². The topological polar surface area (TPSA) is 62.1 Å². The van der Waals surface area contributed by atoms with Crippen molar-refractivity contribution in [1.82, 2.24) is 5.32 Å². The van der Waals surface area contributed by atoms with Gasteiger partial charge in [-0.15, -0.1) is 0 Å². The Morgan fingerprint density at radius 1 is 1.29 bits per heavy atom. The lowest BCUT2D eigenvalue weighted by Gasteiger charge is -2.32. The number of hydrogen-bond donors (Lipinski definition) is 1. The first-order valence-corrected chi connectivity index (χ1v) is 7.51. The molecule has 21 heavy (non-hydrogen) atoms. The van der Waals surface area contributed by atoms with E-state index in [0.29, 0.717) is 17.2 Å². The van der Waals surface area contributed by atoms with Crippen LogP contribution in [0.4, 0.5) is 0 Å². The molecule has 1 amide bonds. The zero-order valence-electron chi connectivity index (χ0n) is 12.6. The van der Waals surface area contributed by atoms with Gasteiger partial charge >= 0.3 is 0 Å². The van der Waals surface area contributed by atoms with Crippen molar-refractivity contribution in [2.24, 2.45) is 11.8 Å². The lowest BCUT2D eigenvalue weighted by molar-refractivity contribution is -0.124. The Kier molecular flexibility index (Phi) is 5.21. The second-order valence-corrected chi connectivity index (χ2v) is 5.96. The summed E-state index contributed by atoms with van der Waals surface area (Å²) in [5, 5.41) is 11.8. The van der Waals surface area contributed by atoms with Crippen molar-refractivity contribution in [3.05, 3.63) is 29.8 Å². The number of benzene rings is 1. The molecule has 4 nitrogen and oxygen atoms in total. The van der Waals surface area contributed by atoms with E-state index in [-0.39, 0.29) is 18.6 Å². The molecule has 4 heteroatoms. The van der Waals surface area contributed by atoms with Gasteiger partial charge in [0.05, 0.1) is 11.6 Å². The largest absolute Gasteiger partial charge is 0.484 e. The van der Waals surface area contributed by atoms with E-state index in [9.17, 15) is 4.79 Å². The van der Waals surface area contributed by atoms with Crippen molar-refractivity contribution in [2.75, 3.05) is 6.61 Å². The monoisotopic (exact) mass is 286 g/mol. The summed E-state index contributed by atoms with van der Waals surface area (Å²) in [7, 11) is 0. The van der Waals surface area contributed by atoms with Crippen molar-refractivity contribution in [2.45, 2.75) is 39.2 Å². The Morgan fingerprint density at radius 3 is 2.62 bits per heavy atom. The SMILES string of the molecule is CC1CCC(NC(=O)COc2ccc(C#N)cc2)CC1C. The van der Waals surface area contributed by atoms with Crippen LogP contribution < -0.4 is 10.1 Å². The third kappa shape index (κ3) is 4.49. The van der Waals surface area contributed by atoms with E-state index in [4.69, 9.17) is 10.00 Å². The molecule has 3 atom stereocenters. The minimum absolute atomic E-state index is 0.0202. The van der Waals surface area contributed by atoms with Crippen molar-refractivity contribution in [3.8, 4) is 11.8 Å². The smallest absolute Gasteiger partial charge is 0.258 e. The van der Waals surface area contributed by atoms with Gasteiger partial charge in [0, 0.05) is 6.04 Å². The fraction of sp³-hybridized carbons (Fsp3) is 0.529. The van der Waals surface area contributed by atoms with Crippen molar-refractivity contribution < 1.29 is 9.53 Å². The molecule has 1 aromatic rings. The Hall–Kier alpha value is -2.02. The average molecular weight is 286 g/mol. The summed E-state index contributed by atoms with van der Waals surface area (Å²) in [4.78, 5) is 11.9. The average Bonchev–Trinajstić information content (AvgIpc) is 2.49. The lowest BCUT2D eigenvalue weighted by atomic mass is 9.79. The first-order chi connectivity index (χ1) is 10.1. The molecule has 0 heterocycles. The predicted octanol–water partition coefficient (Wildman–Crippen LogP) is 2.88. The molecule has 0 bridgehead atoms. The predicted molar refractivity (Wildman–Crippen MR) is 80.8 cm³/mol. The van der Waals surface area contributed by atoms with E-state index in [2.05, 4.69) is 19.2 Å². The highest BCUT2D eigenvalue weighted by atomic mass is 16.5. The molecule has 0 aromatic heterocycles. The van der Waals surface area contributed by atoms with Gasteiger partial charge in [0.1, 0.15) is 5.75 Å². The first-order valence-electron chi connectivity index (χ1n) is 7.51. The minimum atomic E-state index is -0.0777. The summed E-state index contributed by atoms with van der Waals surface area (Å²) >= 11 is 0. The number of hydrogen-bond acceptors (Lipinski definition) is 3.